The maximum Gasteiger partial charge on any atom is 0.338 e. The lowest BCUT2D eigenvalue weighted by Crippen LogP contribution is -2.31. The van der Waals surface area contributed by atoms with Crippen LogP contribution in [0.15, 0.2) is 47.4 Å². The van der Waals surface area contributed by atoms with Crippen LogP contribution in [0.5, 0.6) is 0 Å². The van der Waals surface area contributed by atoms with Gasteiger partial charge in [0.05, 0.1) is 16.5 Å². The number of fused-ring (bicyclic) bond motifs is 1. The van der Waals surface area contributed by atoms with Crippen LogP contribution in [0.3, 0.4) is 0 Å². The standard InChI is InChI=1S/C24H30N2O5S/c1-16(2)26-32(29,30)22-12-10-19(11-13-22)24(28)31-15-23(27)25-17(3)20-9-8-18-6-4-5-7-21(18)14-20/h8-14,16-17,26H,4-7,15H2,1-3H3,(H,25,27). The number of ether oxygens (including phenoxy) is 1. The van der Waals surface area contributed by atoms with Crippen molar-refractivity contribution in [3.63, 3.8) is 0 Å². The lowest BCUT2D eigenvalue weighted by atomic mass is 9.89. The zero-order valence-corrected chi connectivity index (χ0v) is 19.5. The number of esters is 1. The third kappa shape index (κ3) is 6.17. The van der Waals surface area contributed by atoms with Crippen LogP contribution in [0.25, 0.3) is 0 Å². The molecule has 32 heavy (non-hydrogen) atoms. The maximum absolute atomic E-state index is 12.3. The summed E-state index contributed by atoms with van der Waals surface area (Å²) in [6, 6.07) is 11.3. The Morgan fingerprint density at radius 2 is 1.62 bits per heavy atom. The molecule has 0 bridgehead atoms. The van der Waals surface area contributed by atoms with E-state index in [1.807, 2.05) is 13.0 Å². The molecule has 2 aromatic rings. The normalized spacial score (nSPS) is 14.5. The quantitative estimate of drug-likeness (QED) is 0.591. The Labute approximate surface area is 189 Å². The molecule has 1 unspecified atom stereocenters. The van der Waals surface area contributed by atoms with E-state index in [1.165, 1.54) is 48.2 Å². The predicted molar refractivity (Wildman–Crippen MR) is 122 cm³/mol. The van der Waals surface area contributed by atoms with Gasteiger partial charge in [-0.25, -0.2) is 17.9 Å². The van der Waals surface area contributed by atoms with E-state index in [-0.39, 0.29) is 22.5 Å². The fourth-order valence-electron chi connectivity index (χ4n) is 3.75. The maximum atomic E-state index is 12.3. The molecule has 0 spiro atoms. The number of hydrogen-bond acceptors (Lipinski definition) is 5. The van der Waals surface area contributed by atoms with Crippen molar-refractivity contribution in [1.29, 1.82) is 0 Å². The van der Waals surface area contributed by atoms with Crippen LogP contribution < -0.4 is 10.0 Å². The number of nitrogens with one attached hydrogen (secondary N) is 2. The van der Waals surface area contributed by atoms with Crippen molar-refractivity contribution in [2.75, 3.05) is 6.61 Å². The summed E-state index contributed by atoms with van der Waals surface area (Å²) in [5.74, 6) is -1.09. The summed E-state index contributed by atoms with van der Waals surface area (Å²) < 4.78 is 31.9. The van der Waals surface area contributed by atoms with Gasteiger partial charge in [-0.15, -0.1) is 0 Å². The molecule has 2 aromatic carbocycles. The van der Waals surface area contributed by atoms with E-state index < -0.39 is 28.5 Å². The summed E-state index contributed by atoms with van der Waals surface area (Å²) in [5, 5.41) is 2.85. The molecule has 2 N–H and O–H groups in total. The number of benzene rings is 2. The first kappa shape index (κ1) is 23.9. The Kier molecular flexibility index (Phi) is 7.69. The predicted octanol–water partition coefficient (Wildman–Crippen LogP) is 3.29. The highest BCUT2D eigenvalue weighted by Crippen LogP contribution is 2.24. The van der Waals surface area contributed by atoms with Crippen molar-refractivity contribution in [2.24, 2.45) is 0 Å². The van der Waals surface area contributed by atoms with Crippen LogP contribution in [-0.4, -0.2) is 32.9 Å². The largest absolute Gasteiger partial charge is 0.452 e. The molecule has 0 saturated carbocycles. The second kappa shape index (κ2) is 10.3. The average Bonchev–Trinajstić information content (AvgIpc) is 2.76. The van der Waals surface area contributed by atoms with Crippen molar-refractivity contribution < 1.29 is 22.7 Å². The zero-order chi connectivity index (χ0) is 23.3. The Hall–Kier alpha value is -2.71. The Morgan fingerprint density at radius 3 is 2.28 bits per heavy atom. The topological polar surface area (TPSA) is 102 Å². The van der Waals surface area contributed by atoms with Gasteiger partial charge in [-0.2, -0.15) is 0 Å². The van der Waals surface area contributed by atoms with Gasteiger partial charge in [0.1, 0.15) is 0 Å². The molecule has 0 heterocycles. The van der Waals surface area contributed by atoms with Crippen molar-refractivity contribution >= 4 is 21.9 Å². The summed E-state index contributed by atoms with van der Waals surface area (Å²) >= 11 is 0. The number of amides is 1. The SMILES string of the molecule is CC(C)NS(=O)(=O)c1ccc(C(=O)OCC(=O)NC(C)c2ccc3c(c2)CCCC3)cc1. The average molecular weight is 459 g/mol. The minimum Gasteiger partial charge on any atom is -0.452 e. The van der Waals surface area contributed by atoms with Crippen LogP contribution in [0.4, 0.5) is 0 Å². The van der Waals surface area contributed by atoms with Crippen LogP contribution in [0, 0.1) is 0 Å². The molecule has 0 aromatic heterocycles. The molecule has 1 amide bonds. The third-order valence-electron chi connectivity index (χ3n) is 5.38. The lowest BCUT2D eigenvalue weighted by Gasteiger charge is -2.20. The summed E-state index contributed by atoms with van der Waals surface area (Å²) in [6.45, 7) is 4.93. The van der Waals surface area contributed by atoms with Crippen molar-refractivity contribution in [3.05, 3.63) is 64.7 Å². The van der Waals surface area contributed by atoms with Gasteiger partial charge in [0.25, 0.3) is 5.91 Å². The van der Waals surface area contributed by atoms with E-state index >= 15 is 0 Å². The van der Waals surface area contributed by atoms with E-state index in [1.54, 1.807) is 13.8 Å². The molecule has 1 aliphatic rings. The number of rotatable bonds is 8. The Morgan fingerprint density at radius 1 is 0.969 bits per heavy atom. The second-order valence-electron chi connectivity index (χ2n) is 8.40. The van der Waals surface area contributed by atoms with Gasteiger partial charge in [0.2, 0.25) is 10.0 Å². The van der Waals surface area contributed by atoms with Gasteiger partial charge in [0.15, 0.2) is 6.61 Å². The van der Waals surface area contributed by atoms with Gasteiger partial charge in [-0.3, -0.25) is 4.79 Å². The van der Waals surface area contributed by atoms with Crippen molar-refractivity contribution in [2.45, 2.75) is 63.4 Å². The van der Waals surface area contributed by atoms with E-state index in [0.29, 0.717) is 0 Å². The first-order valence-electron chi connectivity index (χ1n) is 10.9. The molecule has 8 heteroatoms. The molecule has 1 aliphatic carbocycles. The number of hydrogen-bond donors (Lipinski definition) is 2. The smallest absolute Gasteiger partial charge is 0.338 e. The molecule has 0 radical (unpaired) electrons. The fraction of sp³-hybridized carbons (Fsp3) is 0.417. The fourth-order valence-corrected chi connectivity index (χ4v) is 5.00. The summed E-state index contributed by atoms with van der Waals surface area (Å²) in [4.78, 5) is 24.6. The Bertz CT molecular complexity index is 1080. The Balaban J connectivity index is 1.53. The molecule has 0 aliphatic heterocycles. The summed E-state index contributed by atoms with van der Waals surface area (Å²) in [6.07, 6.45) is 4.58. The van der Waals surface area contributed by atoms with Crippen molar-refractivity contribution in [3.8, 4) is 0 Å². The highest BCUT2D eigenvalue weighted by atomic mass is 32.2. The highest BCUT2D eigenvalue weighted by molar-refractivity contribution is 7.89. The minimum absolute atomic E-state index is 0.0550. The van der Waals surface area contributed by atoms with E-state index in [0.717, 1.165) is 18.4 Å². The monoisotopic (exact) mass is 458 g/mol. The first-order chi connectivity index (χ1) is 15.2. The third-order valence-corrected chi connectivity index (χ3v) is 7.05. The number of aryl methyl sites for hydroxylation is 2. The molecule has 1 atom stereocenters. The highest BCUT2D eigenvalue weighted by Gasteiger charge is 2.18. The number of carbonyl (C=O) groups excluding carboxylic acids is 2. The molecule has 3 rings (SSSR count). The molecular formula is C24H30N2O5S. The minimum atomic E-state index is -3.64. The van der Waals surface area contributed by atoms with Gasteiger partial charge in [-0.05, 0) is 87.4 Å². The number of carbonyl (C=O) groups is 2. The first-order valence-corrected chi connectivity index (χ1v) is 12.3. The second-order valence-corrected chi connectivity index (χ2v) is 10.1. The zero-order valence-electron chi connectivity index (χ0n) is 18.7. The van der Waals surface area contributed by atoms with Crippen LogP contribution >= 0.6 is 0 Å². The molecule has 172 valence electrons. The van der Waals surface area contributed by atoms with Gasteiger partial charge in [0, 0.05) is 6.04 Å². The van der Waals surface area contributed by atoms with Crippen LogP contribution in [0.1, 0.15) is 66.7 Å². The summed E-state index contributed by atoms with van der Waals surface area (Å²) in [5.41, 5.74) is 3.92. The van der Waals surface area contributed by atoms with Crippen molar-refractivity contribution in [1.82, 2.24) is 10.0 Å². The van der Waals surface area contributed by atoms with Crippen LogP contribution in [0.2, 0.25) is 0 Å². The van der Waals surface area contributed by atoms with Crippen LogP contribution in [-0.2, 0) is 32.4 Å². The molecule has 7 nitrogen and oxygen atoms in total. The van der Waals surface area contributed by atoms with E-state index in [2.05, 4.69) is 22.2 Å². The van der Waals surface area contributed by atoms with Gasteiger partial charge >= 0.3 is 5.97 Å². The molecule has 0 fully saturated rings. The molecular weight excluding hydrogens is 428 g/mol. The molecule has 0 saturated heterocycles. The number of sulfonamides is 1. The van der Waals surface area contributed by atoms with Gasteiger partial charge in [-0.1, -0.05) is 18.2 Å². The lowest BCUT2D eigenvalue weighted by molar-refractivity contribution is -0.124. The summed E-state index contributed by atoms with van der Waals surface area (Å²) in [7, 11) is -3.64. The van der Waals surface area contributed by atoms with Gasteiger partial charge < -0.3 is 10.1 Å². The van der Waals surface area contributed by atoms with E-state index in [4.69, 9.17) is 4.74 Å². The van der Waals surface area contributed by atoms with E-state index in [9.17, 15) is 18.0 Å².